The van der Waals surface area contributed by atoms with E-state index in [1.807, 2.05) is 12.1 Å². The molecule has 2 aromatic rings. The molecule has 0 unspecified atom stereocenters. The molecular weight excluding hydrogens is 302 g/mol. The number of benzene rings is 2. The van der Waals surface area contributed by atoms with Crippen molar-refractivity contribution < 1.29 is 14.3 Å². The first-order chi connectivity index (χ1) is 11.6. The Balaban J connectivity index is 1.56. The molecule has 0 saturated heterocycles. The van der Waals surface area contributed by atoms with Crippen molar-refractivity contribution in [2.75, 3.05) is 6.61 Å². The molecule has 4 heteroatoms. The van der Waals surface area contributed by atoms with Crippen molar-refractivity contribution in [1.29, 1.82) is 0 Å². The molecule has 124 valence electrons. The Bertz CT molecular complexity index is 737. The molecule has 0 fully saturated rings. The van der Waals surface area contributed by atoms with Crippen molar-refractivity contribution in [1.82, 2.24) is 5.32 Å². The van der Waals surface area contributed by atoms with E-state index < -0.39 is 0 Å². The van der Waals surface area contributed by atoms with Crippen LogP contribution in [0.1, 0.15) is 47.3 Å². The summed E-state index contributed by atoms with van der Waals surface area (Å²) in [5.41, 5.74) is 3.16. The highest BCUT2D eigenvalue weighted by molar-refractivity contribution is 5.94. The van der Waals surface area contributed by atoms with Gasteiger partial charge in [-0.05, 0) is 61.6 Å². The first kappa shape index (κ1) is 16.2. The van der Waals surface area contributed by atoms with Crippen molar-refractivity contribution in [3.63, 3.8) is 0 Å². The van der Waals surface area contributed by atoms with Crippen molar-refractivity contribution in [2.45, 2.75) is 32.2 Å². The third kappa shape index (κ3) is 3.82. The third-order valence-electron chi connectivity index (χ3n) is 4.34. The SMILES string of the molecule is CC(=O)c1ccc(OCC(=O)N[C@H]2CCCc3ccccc32)cc1. The van der Waals surface area contributed by atoms with Gasteiger partial charge >= 0.3 is 0 Å². The fourth-order valence-electron chi connectivity index (χ4n) is 3.07. The molecule has 2 aromatic carbocycles. The minimum atomic E-state index is -0.132. The Morgan fingerprint density at radius 3 is 2.62 bits per heavy atom. The predicted molar refractivity (Wildman–Crippen MR) is 92.2 cm³/mol. The maximum atomic E-state index is 12.2. The number of hydrogen-bond donors (Lipinski definition) is 1. The van der Waals surface area contributed by atoms with Crippen molar-refractivity contribution in [3.05, 3.63) is 65.2 Å². The topological polar surface area (TPSA) is 55.4 Å². The highest BCUT2D eigenvalue weighted by atomic mass is 16.5. The minimum absolute atomic E-state index is 0.00950. The van der Waals surface area contributed by atoms with E-state index in [-0.39, 0.29) is 24.3 Å². The van der Waals surface area contributed by atoms with Crippen molar-refractivity contribution in [2.24, 2.45) is 0 Å². The van der Waals surface area contributed by atoms with Gasteiger partial charge in [0.25, 0.3) is 5.91 Å². The molecule has 0 heterocycles. The molecular formula is C20H21NO3. The Labute approximate surface area is 141 Å². The van der Waals surface area contributed by atoms with Gasteiger partial charge in [0.1, 0.15) is 5.75 Å². The number of carbonyl (C=O) groups excluding carboxylic acids is 2. The molecule has 1 aliphatic rings. The number of ether oxygens (including phenoxy) is 1. The molecule has 24 heavy (non-hydrogen) atoms. The lowest BCUT2D eigenvalue weighted by Crippen LogP contribution is -2.34. The van der Waals surface area contributed by atoms with Gasteiger partial charge in [0.2, 0.25) is 0 Å². The summed E-state index contributed by atoms with van der Waals surface area (Å²) in [6, 6.07) is 15.1. The highest BCUT2D eigenvalue weighted by Gasteiger charge is 2.21. The summed E-state index contributed by atoms with van der Waals surface area (Å²) in [5.74, 6) is 0.460. The van der Waals surface area contributed by atoms with Crippen molar-refractivity contribution in [3.8, 4) is 5.75 Å². The standard InChI is InChI=1S/C20H21NO3/c1-14(22)15-9-11-17(12-10-15)24-13-20(23)21-19-8-4-6-16-5-2-3-7-18(16)19/h2-3,5,7,9-12,19H,4,6,8,13H2,1H3,(H,21,23)/t19-/m0/s1. The Hall–Kier alpha value is -2.62. The zero-order chi connectivity index (χ0) is 16.9. The number of amides is 1. The monoisotopic (exact) mass is 323 g/mol. The summed E-state index contributed by atoms with van der Waals surface area (Å²) in [7, 11) is 0. The summed E-state index contributed by atoms with van der Waals surface area (Å²) in [6.45, 7) is 1.49. The van der Waals surface area contributed by atoms with E-state index in [1.54, 1.807) is 24.3 Å². The molecule has 1 aliphatic carbocycles. The van der Waals surface area contributed by atoms with Gasteiger partial charge in [-0.25, -0.2) is 0 Å². The van der Waals surface area contributed by atoms with Gasteiger partial charge in [-0.3, -0.25) is 9.59 Å². The van der Waals surface area contributed by atoms with Crippen LogP contribution in [-0.2, 0) is 11.2 Å². The summed E-state index contributed by atoms with van der Waals surface area (Å²) >= 11 is 0. The summed E-state index contributed by atoms with van der Waals surface area (Å²) < 4.78 is 5.51. The lowest BCUT2D eigenvalue weighted by atomic mass is 9.88. The number of ketones is 1. The molecule has 3 rings (SSSR count). The lowest BCUT2D eigenvalue weighted by Gasteiger charge is -2.26. The van der Waals surface area contributed by atoms with Crippen LogP contribution < -0.4 is 10.1 Å². The van der Waals surface area contributed by atoms with Gasteiger partial charge in [-0.2, -0.15) is 0 Å². The number of nitrogens with one attached hydrogen (secondary N) is 1. The van der Waals surface area contributed by atoms with E-state index >= 15 is 0 Å². The number of aryl methyl sites for hydroxylation is 1. The maximum Gasteiger partial charge on any atom is 0.258 e. The van der Waals surface area contributed by atoms with Gasteiger partial charge in [-0.1, -0.05) is 24.3 Å². The van der Waals surface area contributed by atoms with Gasteiger partial charge in [-0.15, -0.1) is 0 Å². The van der Waals surface area contributed by atoms with E-state index in [0.717, 1.165) is 19.3 Å². The van der Waals surface area contributed by atoms with E-state index in [1.165, 1.54) is 18.1 Å². The fraction of sp³-hybridized carbons (Fsp3) is 0.300. The van der Waals surface area contributed by atoms with Gasteiger partial charge in [0.05, 0.1) is 6.04 Å². The largest absolute Gasteiger partial charge is 0.484 e. The first-order valence-corrected chi connectivity index (χ1v) is 8.24. The van der Waals surface area contributed by atoms with Gasteiger partial charge < -0.3 is 10.1 Å². The third-order valence-corrected chi connectivity index (χ3v) is 4.34. The van der Waals surface area contributed by atoms with Crippen molar-refractivity contribution >= 4 is 11.7 Å². The maximum absolute atomic E-state index is 12.2. The van der Waals surface area contributed by atoms with E-state index in [4.69, 9.17) is 4.74 Å². The van der Waals surface area contributed by atoms with Crippen LogP contribution in [0, 0.1) is 0 Å². The Kier molecular flexibility index (Phi) is 4.94. The molecule has 1 amide bonds. The summed E-state index contributed by atoms with van der Waals surface area (Å²) in [5, 5.41) is 3.06. The molecule has 0 radical (unpaired) electrons. The summed E-state index contributed by atoms with van der Waals surface area (Å²) in [4.78, 5) is 23.4. The Morgan fingerprint density at radius 2 is 1.88 bits per heavy atom. The molecule has 0 saturated carbocycles. The predicted octanol–water partition coefficient (Wildman–Crippen LogP) is 3.46. The number of hydrogen-bond acceptors (Lipinski definition) is 3. The molecule has 0 spiro atoms. The van der Waals surface area contributed by atoms with Crippen LogP contribution in [0.4, 0.5) is 0 Å². The Morgan fingerprint density at radius 1 is 1.12 bits per heavy atom. The molecule has 0 aliphatic heterocycles. The van der Waals surface area contributed by atoms with E-state index in [9.17, 15) is 9.59 Å². The summed E-state index contributed by atoms with van der Waals surface area (Å²) in [6.07, 6.45) is 3.10. The minimum Gasteiger partial charge on any atom is -0.484 e. The van der Waals surface area contributed by atoms with Crippen LogP contribution in [0.2, 0.25) is 0 Å². The molecule has 0 aromatic heterocycles. The van der Waals surface area contributed by atoms with Crippen LogP contribution in [0.5, 0.6) is 5.75 Å². The average Bonchev–Trinajstić information content (AvgIpc) is 2.61. The highest BCUT2D eigenvalue weighted by Crippen LogP contribution is 2.29. The fourth-order valence-corrected chi connectivity index (χ4v) is 3.07. The second-order valence-corrected chi connectivity index (χ2v) is 6.08. The van der Waals surface area contributed by atoms with Crippen LogP contribution in [0.25, 0.3) is 0 Å². The van der Waals surface area contributed by atoms with Crippen LogP contribution >= 0.6 is 0 Å². The van der Waals surface area contributed by atoms with Crippen LogP contribution in [-0.4, -0.2) is 18.3 Å². The molecule has 4 nitrogen and oxygen atoms in total. The normalized spacial score (nSPS) is 16.1. The molecule has 1 N–H and O–H groups in total. The number of Topliss-reactive ketones (excluding diaryl/α,β-unsaturated/α-hetero) is 1. The second-order valence-electron chi connectivity index (χ2n) is 6.08. The molecule has 1 atom stereocenters. The number of carbonyl (C=O) groups is 2. The van der Waals surface area contributed by atoms with Crippen LogP contribution in [0.3, 0.4) is 0 Å². The molecule has 0 bridgehead atoms. The number of rotatable bonds is 5. The van der Waals surface area contributed by atoms with E-state index in [2.05, 4.69) is 17.4 Å². The van der Waals surface area contributed by atoms with E-state index in [0.29, 0.717) is 11.3 Å². The van der Waals surface area contributed by atoms with Gasteiger partial charge in [0.15, 0.2) is 12.4 Å². The van der Waals surface area contributed by atoms with Crippen LogP contribution in [0.15, 0.2) is 48.5 Å². The van der Waals surface area contributed by atoms with Gasteiger partial charge in [0, 0.05) is 5.56 Å². The number of fused-ring (bicyclic) bond motifs is 1. The smallest absolute Gasteiger partial charge is 0.258 e. The lowest BCUT2D eigenvalue weighted by molar-refractivity contribution is -0.123. The quantitative estimate of drug-likeness (QED) is 0.857. The zero-order valence-electron chi connectivity index (χ0n) is 13.7. The zero-order valence-corrected chi connectivity index (χ0v) is 13.7. The second kappa shape index (κ2) is 7.30. The average molecular weight is 323 g/mol. The first-order valence-electron chi connectivity index (χ1n) is 8.24.